The van der Waals surface area contributed by atoms with Crippen LogP contribution in [0.2, 0.25) is 0 Å². The van der Waals surface area contributed by atoms with Gasteiger partial charge >= 0.3 is 5.97 Å². The van der Waals surface area contributed by atoms with E-state index in [9.17, 15) is 14.7 Å². The number of carbonyl (C=O) groups is 2. The zero-order chi connectivity index (χ0) is 29.9. The number of hydrogen-bond donors (Lipinski definition) is 3. The lowest BCUT2D eigenvalue weighted by atomic mass is 9.78. The van der Waals surface area contributed by atoms with Crippen LogP contribution in [0.1, 0.15) is 42.6 Å². The van der Waals surface area contributed by atoms with Gasteiger partial charge in [-0.05, 0) is 55.7 Å². The third-order valence-electron chi connectivity index (χ3n) is 8.13. The number of carboxylic acids is 1. The zero-order valence-corrected chi connectivity index (χ0v) is 24.0. The first kappa shape index (κ1) is 28.0. The fourth-order valence-electron chi connectivity index (χ4n) is 5.79. The first-order valence-electron chi connectivity index (χ1n) is 14.4. The molecule has 10 heteroatoms. The Balaban J connectivity index is 1.19. The second-order valence-electron chi connectivity index (χ2n) is 10.9. The average Bonchev–Trinajstić information content (AvgIpc) is 3.40. The van der Waals surface area contributed by atoms with Gasteiger partial charge in [-0.25, -0.2) is 15.0 Å². The average molecular weight is 577 g/mol. The van der Waals surface area contributed by atoms with Crippen molar-refractivity contribution in [3.8, 4) is 22.7 Å². The Kier molecular flexibility index (Phi) is 7.83. The predicted molar refractivity (Wildman–Crippen MR) is 163 cm³/mol. The van der Waals surface area contributed by atoms with Gasteiger partial charge in [0, 0.05) is 23.9 Å². The largest absolute Gasteiger partial charge is 0.481 e. The first-order valence-corrected chi connectivity index (χ1v) is 14.4. The lowest BCUT2D eigenvalue weighted by Crippen LogP contribution is -2.36. The summed E-state index contributed by atoms with van der Waals surface area (Å²) in [5.41, 5.74) is 5.06. The molecule has 3 heterocycles. The Morgan fingerprint density at radius 3 is 2.51 bits per heavy atom. The van der Waals surface area contributed by atoms with Crippen molar-refractivity contribution < 1.29 is 19.2 Å². The zero-order valence-electron chi connectivity index (χ0n) is 24.0. The number of rotatable bonds is 8. The molecule has 1 aliphatic rings. The number of carbonyl (C=O) groups excluding carboxylic acids is 1. The SMILES string of the molecule is Cc1nc(-c2onc(C)c2CNc2nccc(-c3cccc4ccccc34)n2)ccc1NC(=O)C1CCCCC1C(=O)O. The van der Waals surface area contributed by atoms with Gasteiger partial charge in [-0.15, -0.1) is 0 Å². The Labute approximate surface area is 248 Å². The van der Waals surface area contributed by atoms with Crippen LogP contribution in [0.15, 0.2) is 71.4 Å². The standard InChI is InChI=1S/C33H32N6O4/c1-19-26(18-35-33-34-17-16-28(38-33)23-13-7-9-21-8-3-4-10-22(21)23)30(43-39-19)29-15-14-27(20(2)36-29)37-31(40)24-11-5-6-12-25(24)32(41)42/h3-4,7-10,13-17,24-25H,5-6,11-12,18H2,1-2H3,(H,37,40)(H,41,42)(H,34,35,38). The van der Waals surface area contributed by atoms with Gasteiger partial charge in [-0.1, -0.05) is 60.5 Å². The molecule has 1 aliphatic carbocycles. The second-order valence-corrected chi connectivity index (χ2v) is 10.9. The van der Waals surface area contributed by atoms with Gasteiger partial charge in [0.1, 0.15) is 5.69 Å². The van der Waals surface area contributed by atoms with Crippen LogP contribution in [0.3, 0.4) is 0 Å². The summed E-state index contributed by atoms with van der Waals surface area (Å²) in [5, 5.41) is 22.2. The molecule has 2 aromatic carbocycles. The summed E-state index contributed by atoms with van der Waals surface area (Å²) in [6.45, 7) is 4.02. The Hall–Kier alpha value is -5.12. The van der Waals surface area contributed by atoms with Gasteiger partial charge in [0.2, 0.25) is 11.9 Å². The topological polar surface area (TPSA) is 143 Å². The maximum atomic E-state index is 13.0. The van der Waals surface area contributed by atoms with E-state index < -0.39 is 17.8 Å². The third-order valence-corrected chi connectivity index (χ3v) is 8.13. The Bertz CT molecular complexity index is 1810. The molecule has 6 rings (SSSR count). The Morgan fingerprint density at radius 1 is 0.907 bits per heavy atom. The molecule has 1 fully saturated rings. The number of aromatic nitrogens is 4. The van der Waals surface area contributed by atoms with E-state index in [0.29, 0.717) is 53.9 Å². The molecule has 0 spiro atoms. The molecule has 3 N–H and O–H groups in total. The molecule has 1 saturated carbocycles. The van der Waals surface area contributed by atoms with E-state index in [1.54, 1.807) is 25.3 Å². The van der Waals surface area contributed by atoms with Crippen molar-refractivity contribution in [2.24, 2.45) is 11.8 Å². The molecule has 1 amide bonds. The maximum absolute atomic E-state index is 13.0. The van der Waals surface area contributed by atoms with Crippen LogP contribution in [-0.4, -0.2) is 37.1 Å². The summed E-state index contributed by atoms with van der Waals surface area (Å²) in [7, 11) is 0. The van der Waals surface area contributed by atoms with Crippen molar-refractivity contribution in [3.63, 3.8) is 0 Å². The smallest absolute Gasteiger partial charge is 0.307 e. The minimum Gasteiger partial charge on any atom is -0.481 e. The van der Waals surface area contributed by atoms with E-state index in [0.717, 1.165) is 40.4 Å². The number of carboxylic acid groups (broad SMARTS) is 1. The maximum Gasteiger partial charge on any atom is 0.307 e. The predicted octanol–water partition coefficient (Wildman–Crippen LogP) is 6.41. The van der Waals surface area contributed by atoms with Gasteiger partial charge in [0.25, 0.3) is 0 Å². The van der Waals surface area contributed by atoms with Crippen molar-refractivity contribution >= 4 is 34.3 Å². The highest BCUT2D eigenvalue weighted by atomic mass is 16.5. The van der Waals surface area contributed by atoms with Crippen molar-refractivity contribution in [3.05, 3.63) is 83.8 Å². The van der Waals surface area contributed by atoms with Crippen molar-refractivity contribution in [1.82, 2.24) is 20.1 Å². The van der Waals surface area contributed by atoms with Crippen molar-refractivity contribution in [2.75, 3.05) is 10.6 Å². The minimum atomic E-state index is -0.919. The van der Waals surface area contributed by atoms with E-state index >= 15 is 0 Å². The van der Waals surface area contributed by atoms with Gasteiger partial charge in [-0.2, -0.15) is 0 Å². The molecule has 0 saturated heterocycles. The van der Waals surface area contributed by atoms with Crippen molar-refractivity contribution in [1.29, 1.82) is 0 Å². The molecule has 0 radical (unpaired) electrons. The number of fused-ring (bicyclic) bond motifs is 1. The van der Waals surface area contributed by atoms with E-state index in [1.165, 1.54) is 0 Å². The third kappa shape index (κ3) is 5.81. The normalized spacial score (nSPS) is 16.6. The lowest BCUT2D eigenvalue weighted by Gasteiger charge is -2.27. The summed E-state index contributed by atoms with van der Waals surface area (Å²) in [4.78, 5) is 38.5. The number of nitrogens with zero attached hydrogens (tertiary/aromatic N) is 4. The molecule has 5 aromatic rings. The van der Waals surface area contributed by atoms with Crippen LogP contribution < -0.4 is 10.6 Å². The van der Waals surface area contributed by atoms with E-state index in [2.05, 4.69) is 50.0 Å². The van der Waals surface area contributed by atoms with Gasteiger partial charge < -0.3 is 20.3 Å². The first-order chi connectivity index (χ1) is 20.9. The van der Waals surface area contributed by atoms with Crippen LogP contribution in [0, 0.1) is 25.7 Å². The minimum absolute atomic E-state index is 0.282. The highest BCUT2D eigenvalue weighted by Gasteiger charge is 2.36. The van der Waals surface area contributed by atoms with E-state index in [-0.39, 0.29) is 5.91 Å². The van der Waals surface area contributed by atoms with Crippen LogP contribution in [-0.2, 0) is 16.1 Å². The molecule has 43 heavy (non-hydrogen) atoms. The molecule has 218 valence electrons. The number of aryl methyl sites for hydroxylation is 2. The second kappa shape index (κ2) is 12.0. The molecule has 10 nitrogen and oxygen atoms in total. The molecule has 2 unspecified atom stereocenters. The summed E-state index contributed by atoms with van der Waals surface area (Å²) < 4.78 is 5.68. The van der Waals surface area contributed by atoms with Crippen LogP contribution >= 0.6 is 0 Å². The number of pyridine rings is 1. The summed E-state index contributed by atoms with van der Waals surface area (Å²) in [6.07, 6.45) is 4.49. The van der Waals surface area contributed by atoms with Crippen LogP contribution in [0.5, 0.6) is 0 Å². The summed E-state index contributed by atoms with van der Waals surface area (Å²) >= 11 is 0. The fourth-order valence-corrected chi connectivity index (χ4v) is 5.79. The highest BCUT2D eigenvalue weighted by Crippen LogP contribution is 2.33. The van der Waals surface area contributed by atoms with Crippen molar-refractivity contribution in [2.45, 2.75) is 46.1 Å². The number of benzene rings is 2. The van der Waals surface area contributed by atoms with Gasteiger partial charge in [0.05, 0.1) is 34.6 Å². The highest BCUT2D eigenvalue weighted by molar-refractivity contribution is 5.96. The number of nitrogens with one attached hydrogen (secondary N) is 2. The summed E-state index contributed by atoms with van der Waals surface area (Å²) in [6, 6.07) is 19.8. The van der Waals surface area contributed by atoms with Gasteiger partial charge in [-0.3, -0.25) is 9.59 Å². The molecule has 3 aromatic heterocycles. The fraction of sp³-hybridized carbons (Fsp3) is 0.273. The molecule has 0 bridgehead atoms. The molecular weight excluding hydrogens is 544 g/mol. The molecule has 0 aliphatic heterocycles. The number of amides is 1. The molecular formula is C33H32N6O4. The lowest BCUT2D eigenvalue weighted by molar-refractivity contribution is -0.147. The Morgan fingerprint density at radius 2 is 1.70 bits per heavy atom. The monoisotopic (exact) mass is 576 g/mol. The van der Waals surface area contributed by atoms with Crippen LogP contribution in [0.25, 0.3) is 33.5 Å². The van der Waals surface area contributed by atoms with E-state index in [4.69, 9.17) is 9.51 Å². The number of anilines is 2. The van der Waals surface area contributed by atoms with Crippen LogP contribution in [0.4, 0.5) is 11.6 Å². The summed E-state index contributed by atoms with van der Waals surface area (Å²) in [5.74, 6) is -1.43. The quantitative estimate of drug-likeness (QED) is 0.191. The van der Waals surface area contributed by atoms with Gasteiger partial charge in [0.15, 0.2) is 5.76 Å². The molecule has 2 atom stereocenters. The van der Waals surface area contributed by atoms with E-state index in [1.807, 2.05) is 31.2 Å². The number of aliphatic carboxylic acids is 1. The number of hydrogen-bond acceptors (Lipinski definition) is 8.